The highest BCUT2D eigenvalue weighted by atomic mass is 35.5. The van der Waals surface area contributed by atoms with Gasteiger partial charge in [-0.3, -0.25) is 0 Å². The monoisotopic (exact) mass is 416 g/mol. The third-order valence-corrected chi connectivity index (χ3v) is 6.60. The summed E-state index contributed by atoms with van der Waals surface area (Å²) in [6.07, 6.45) is 2.05. The molecule has 1 aromatic carbocycles. The molecular formula is C16H14ClFN2O4S2. The van der Waals surface area contributed by atoms with E-state index in [-0.39, 0.29) is 26.5 Å². The SMILES string of the molecule is COC(=O)c1sc(Cl)cc1S(=O)(=O)NCCc1c[nH]c2ccc(F)cc12. The molecule has 0 fully saturated rings. The first-order valence-corrected chi connectivity index (χ1v) is 10.1. The molecular weight excluding hydrogens is 403 g/mol. The van der Waals surface area contributed by atoms with Gasteiger partial charge in [0.2, 0.25) is 10.0 Å². The average Bonchev–Trinajstić information content (AvgIpc) is 3.18. The molecule has 0 bridgehead atoms. The van der Waals surface area contributed by atoms with E-state index in [4.69, 9.17) is 11.6 Å². The summed E-state index contributed by atoms with van der Waals surface area (Å²) >= 11 is 6.68. The van der Waals surface area contributed by atoms with Gasteiger partial charge in [-0.15, -0.1) is 11.3 Å². The van der Waals surface area contributed by atoms with Crippen molar-refractivity contribution in [3.05, 3.63) is 51.1 Å². The molecule has 0 saturated carbocycles. The van der Waals surface area contributed by atoms with Crippen LogP contribution in [0.3, 0.4) is 0 Å². The summed E-state index contributed by atoms with van der Waals surface area (Å²) in [6, 6.07) is 5.57. The lowest BCUT2D eigenvalue weighted by molar-refractivity contribution is 0.0602. The minimum absolute atomic E-state index is 0.0693. The third kappa shape index (κ3) is 3.75. The second kappa shape index (κ2) is 7.36. The van der Waals surface area contributed by atoms with Gasteiger partial charge >= 0.3 is 5.97 Å². The van der Waals surface area contributed by atoms with Gasteiger partial charge in [0.05, 0.1) is 11.4 Å². The molecule has 0 aliphatic carbocycles. The van der Waals surface area contributed by atoms with Crippen molar-refractivity contribution >= 4 is 49.8 Å². The first kappa shape index (κ1) is 18.8. The van der Waals surface area contributed by atoms with Crippen LogP contribution in [0.1, 0.15) is 15.2 Å². The summed E-state index contributed by atoms with van der Waals surface area (Å²) in [5, 5.41) is 0.693. The number of ether oxygens (including phenoxy) is 1. The van der Waals surface area contributed by atoms with E-state index in [0.717, 1.165) is 29.5 Å². The maximum absolute atomic E-state index is 13.4. The van der Waals surface area contributed by atoms with E-state index in [1.165, 1.54) is 18.2 Å². The zero-order valence-corrected chi connectivity index (χ0v) is 15.9. The lowest BCUT2D eigenvalue weighted by Gasteiger charge is -2.07. The Balaban J connectivity index is 1.77. The predicted molar refractivity (Wildman–Crippen MR) is 97.8 cm³/mol. The Morgan fingerprint density at radius 1 is 1.38 bits per heavy atom. The Hall–Kier alpha value is -1.94. The Bertz CT molecular complexity index is 1080. The number of hydrogen-bond acceptors (Lipinski definition) is 5. The number of H-pyrrole nitrogens is 1. The van der Waals surface area contributed by atoms with Gasteiger partial charge in [0.15, 0.2) is 0 Å². The van der Waals surface area contributed by atoms with Gasteiger partial charge in [-0.05, 0) is 36.2 Å². The zero-order chi connectivity index (χ0) is 18.9. The summed E-state index contributed by atoms with van der Waals surface area (Å²) in [5.41, 5.74) is 1.54. The van der Waals surface area contributed by atoms with E-state index in [2.05, 4.69) is 14.4 Å². The number of aromatic nitrogens is 1. The summed E-state index contributed by atoms with van der Waals surface area (Å²) in [6.45, 7) is 0.0693. The van der Waals surface area contributed by atoms with Crippen LogP contribution in [-0.2, 0) is 21.2 Å². The van der Waals surface area contributed by atoms with Gasteiger partial charge in [-0.2, -0.15) is 0 Å². The maximum atomic E-state index is 13.4. The van der Waals surface area contributed by atoms with Gasteiger partial charge in [0.1, 0.15) is 15.6 Å². The molecule has 2 N–H and O–H groups in total. The number of hydrogen-bond donors (Lipinski definition) is 2. The van der Waals surface area contributed by atoms with Crippen molar-refractivity contribution in [3.8, 4) is 0 Å². The molecule has 6 nitrogen and oxygen atoms in total. The van der Waals surface area contributed by atoms with Crippen LogP contribution in [-0.4, -0.2) is 33.0 Å². The first-order chi connectivity index (χ1) is 12.3. The molecule has 0 amide bonds. The fourth-order valence-corrected chi connectivity index (χ4v) is 5.29. The zero-order valence-electron chi connectivity index (χ0n) is 13.5. The summed E-state index contributed by atoms with van der Waals surface area (Å²) in [5.74, 6) is -1.14. The van der Waals surface area contributed by atoms with Crippen LogP contribution in [0.4, 0.5) is 4.39 Å². The van der Waals surface area contributed by atoms with Crippen LogP contribution in [0.2, 0.25) is 4.34 Å². The normalized spacial score (nSPS) is 11.8. The first-order valence-electron chi connectivity index (χ1n) is 7.44. The van der Waals surface area contributed by atoms with Crippen molar-refractivity contribution in [2.24, 2.45) is 0 Å². The van der Waals surface area contributed by atoms with Crippen molar-refractivity contribution in [1.82, 2.24) is 9.71 Å². The smallest absolute Gasteiger partial charge is 0.349 e. The number of rotatable bonds is 6. The van der Waals surface area contributed by atoms with Gasteiger partial charge in [-0.25, -0.2) is 22.3 Å². The molecule has 26 heavy (non-hydrogen) atoms. The number of aromatic amines is 1. The number of carbonyl (C=O) groups is 1. The van der Waals surface area contributed by atoms with E-state index >= 15 is 0 Å². The largest absolute Gasteiger partial charge is 0.465 e. The van der Waals surface area contributed by atoms with Crippen molar-refractivity contribution < 1.29 is 22.3 Å². The highest BCUT2D eigenvalue weighted by Crippen LogP contribution is 2.30. The second-order valence-corrected chi connectivity index (χ2v) is 8.81. The number of esters is 1. The predicted octanol–water partition coefficient (Wildman–Crippen LogP) is 3.33. The van der Waals surface area contributed by atoms with Gasteiger partial charge < -0.3 is 9.72 Å². The standard InChI is InChI=1S/C16H14ClFN2O4S2/c1-24-16(21)15-13(7-14(17)25-15)26(22,23)20-5-4-9-8-19-12-3-2-10(18)6-11(9)12/h2-3,6-8,19-20H,4-5H2,1H3. The van der Waals surface area contributed by atoms with Gasteiger partial charge in [0.25, 0.3) is 0 Å². The highest BCUT2D eigenvalue weighted by molar-refractivity contribution is 7.89. The molecule has 0 aliphatic heterocycles. The van der Waals surface area contributed by atoms with Crippen LogP contribution < -0.4 is 4.72 Å². The number of benzene rings is 1. The Morgan fingerprint density at radius 3 is 2.88 bits per heavy atom. The van der Waals surface area contributed by atoms with Gasteiger partial charge in [0, 0.05) is 23.6 Å². The fraction of sp³-hybridized carbons (Fsp3) is 0.188. The number of carbonyl (C=O) groups excluding carboxylic acids is 1. The van der Waals surface area contributed by atoms with Crippen molar-refractivity contribution in [2.45, 2.75) is 11.3 Å². The molecule has 0 saturated heterocycles. The van der Waals surface area contributed by atoms with Crippen molar-refractivity contribution in [3.63, 3.8) is 0 Å². The lowest BCUT2D eigenvalue weighted by atomic mass is 10.1. The number of halogens is 2. The van der Waals surface area contributed by atoms with Crippen LogP contribution in [0.25, 0.3) is 10.9 Å². The van der Waals surface area contributed by atoms with E-state index in [1.807, 2.05) is 0 Å². The molecule has 3 rings (SSSR count). The molecule has 0 unspecified atom stereocenters. The summed E-state index contributed by atoms with van der Waals surface area (Å²) in [4.78, 5) is 14.4. The second-order valence-electron chi connectivity index (χ2n) is 5.39. The summed E-state index contributed by atoms with van der Waals surface area (Å²) < 4.78 is 45.6. The molecule has 0 radical (unpaired) electrons. The minimum atomic E-state index is -3.95. The van der Waals surface area contributed by atoms with E-state index in [9.17, 15) is 17.6 Å². The Kier molecular flexibility index (Phi) is 5.33. The fourth-order valence-electron chi connectivity index (χ4n) is 2.54. The average molecular weight is 417 g/mol. The molecule has 0 atom stereocenters. The molecule has 138 valence electrons. The maximum Gasteiger partial charge on any atom is 0.349 e. The van der Waals surface area contributed by atoms with E-state index in [0.29, 0.717) is 11.8 Å². The summed E-state index contributed by atoms with van der Waals surface area (Å²) in [7, 11) is -2.79. The number of sulfonamides is 1. The molecule has 0 aliphatic rings. The van der Waals surface area contributed by atoms with Crippen LogP contribution >= 0.6 is 22.9 Å². The van der Waals surface area contributed by atoms with Crippen LogP contribution in [0.5, 0.6) is 0 Å². The number of fused-ring (bicyclic) bond motifs is 1. The van der Waals surface area contributed by atoms with Crippen LogP contribution in [0, 0.1) is 5.82 Å². The van der Waals surface area contributed by atoms with E-state index < -0.39 is 16.0 Å². The number of nitrogens with one attached hydrogen (secondary N) is 2. The molecule has 2 heterocycles. The lowest BCUT2D eigenvalue weighted by Crippen LogP contribution is -2.27. The molecule has 2 aromatic heterocycles. The van der Waals surface area contributed by atoms with Crippen molar-refractivity contribution in [1.29, 1.82) is 0 Å². The topological polar surface area (TPSA) is 88.3 Å². The van der Waals surface area contributed by atoms with Gasteiger partial charge in [-0.1, -0.05) is 11.6 Å². The Morgan fingerprint density at radius 2 is 2.15 bits per heavy atom. The molecule has 10 heteroatoms. The van der Waals surface area contributed by atoms with Crippen LogP contribution in [0.15, 0.2) is 35.4 Å². The van der Waals surface area contributed by atoms with Crippen molar-refractivity contribution in [2.75, 3.05) is 13.7 Å². The van der Waals surface area contributed by atoms with E-state index in [1.54, 1.807) is 12.3 Å². The number of methoxy groups -OCH3 is 1. The minimum Gasteiger partial charge on any atom is -0.465 e. The molecule has 0 spiro atoms. The molecule has 3 aromatic rings. The third-order valence-electron chi connectivity index (χ3n) is 3.74. The quantitative estimate of drug-likeness (QED) is 0.603. The number of thiophene rings is 1. The Labute approximate surface area is 158 Å². The highest BCUT2D eigenvalue weighted by Gasteiger charge is 2.26.